The molecule has 0 spiro atoms. The highest BCUT2D eigenvalue weighted by atomic mass is 16.6. The fourth-order valence-corrected chi connectivity index (χ4v) is 2.36. The summed E-state index contributed by atoms with van der Waals surface area (Å²) in [4.78, 5) is 11.5. The minimum Gasteiger partial charge on any atom is -0.479 e. The van der Waals surface area contributed by atoms with E-state index in [0.717, 1.165) is 16.3 Å². The first-order valence-electron chi connectivity index (χ1n) is 7.03. The normalized spacial score (nSPS) is 13.7. The summed E-state index contributed by atoms with van der Waals surface area (Å²) in [7, 11) is 1.35. The number of hydrogen-bond acceptors (Lipinski definition) is 4. The number of hydrogen-bond donors (Lipinski definition) is 1. The molecule has 0 aliphatic heterocycles. The van der Waals surface area contributed by atoms with E-state index in [1.54, 1.807) is 6.92 Å². The molecule has 4 heteroatoms. The summed E-state index contributed by atoms with van der Waals surface area (Å²) in [5.74, 6) is 0.291. The molecule has 0 radical (unpaired) electrons. The highest BCUT2D eigenvalue weighted by molar-refractivity contribution is 5.88. The van der Waals surface area contributed by atoms with Crippen LogP contribution >= 0.6 is 0 Å². The van der Waals surface area contributed by atoms with Gasteiger partial charge in [-0.05, 0) is 37.1 Å². The van der Waals surface area contributed by atoms with Gasteiger partial charge in [0, 0.05) is 11.6 Å². The van der Waals surface area contributed by atoms with Crippen LogP contribution < -0.4 is 10.5 Å². The monoisotopic (exact) mass is 287 g/mol. The molecule has 0 aliphatic rings. The number of nitrogens with two attached hydrogens (primary N) is 1. The van der Waals surface area contributed by atoms with Crippen LogP contribution in [0.2, 0.25) is 0 Å². The van der Waals surface area contributed by atoms with Gasteiger partial charge < -0.3 is 15.2 Å². The Kier molecular flexibility index (Phi) is 4.81. The van der Waals surface area contributed by atoms with E-state index in [9.17, 15) is 4.79 Å². The molecule has 2 atom stereocenters. The largest absolute Gasteiger partial charge is 0.479 e. The Bertz CT molecular complexity index is 637. The molecule has 2 aromatic rings. The fourth-order valence-electron chi connectivity index (χ4n) is 2.36. The van der Waals surface area contributed by atoms with Gasteiger partial charge in [-0.2, -0.15) is 0 Å². The van der Waals surface area contributed by atoms with E-state index in [4.69, 9.17) is 15.2 Å². The Morgan fingerprint density at radius 1 is 1.19 bits per heavy atom. The maximum atomic E-state index is 11.5. The number of benzene rings is 2. The number of carbonyl (C=O) groups is 1. The van der Waals surface area contributed by atoms with Gasteiger partial charge in [-0.3, -0.25) is 0 Å². The van der Waals surface area contributed by atoms with E-state index in [1.165, 1.54) is 7.11 Å². The average Bonchev–Trinajstić information content (AvgIpc) is 2.48. The zero-order valence-corrected chi connectivity index (χ0v) is 12.6. The maximum absolute atomic E-state index is 11.5. The van der Waals surface area contributed by atoms with Crippen molar-refractivity contribution in [2.24, 2.45) is 5.73 Å². The molecule has 2 N–H and O–H groups in total. The lowest BCUT2D eigenvalue weighted by atomic mass is 9.98. The van der Waals surface area contributed by atoms with E-state index in [1.807, 2.05) is 43.3 Å². The number of methoxy groups -OCH3 is 1. The van der Waals surface area contributed by atoms with Gasteiger partial charge in [0.15, 0.2) is 6.10 Å². The molecule has 2 unspecified atom stereocenters. The van der Waals surface area contributed by atoms with Crippen molar-refractivity contribution < 1.29 is 14.3 Å². The van der Waals surface area contributed by atoms with Crippen LogP contribution in [0.5, 0.6) is 5.75 Å². The number of ether oxygens (including phenoxy) is 2. The second-order valence-corrected chi connectivity index (χ2v) is 5.23. The molecule has 0 aliphatic carbocycles. The topological polar surface area (TPSA) is 61.5 Å². The van der Waals surface area contributed by atoms with Crippen molar-refractivity contribution in [2.45, 2.75) is 32.4 Å². The van der Waals surface area contributed by atoms with E-state index in [2.05, 4.69) is 0 Å². The second kappa shape index (κ2) is 6.59. The van der Waals surface area contributed by atoms with Crippen molar-refractivity contribution in [1.82, 2.24) is 0 Å². The molecule has 2 rings (SSSR count). The summed E-state index contributed by atoms with van der Waals surface area (Å²) in [6, 6.07) is 12.0. The van der Waals surface area contributed by atoms with Crippen LogP contribution in [0, 0.1) is 0 Å². The quantitative estimate of drug-likeness (QED) is 0.859. The molecule has 0 saturated heterocycles. The van der Waals surface area contributed by atoms with Gasteiger partial charge in [0.25, 0.3) is 0 Å². The lowest BCUT2D eigenvalue weighted by molar-refractivity contribution is -0.147. The third-order valence-electron chi connectivity index (χ3n) is 3.36. The molecule has 0 amide bonds. The van der Waals surface area contributed by atoms with Crippen molar-refractivity contribution in [2.75, 3.05) is 7.11 Å². The first kappa shape index (κ1) is 15.3. The fraction of sp³-hybridized carbons (Fsp3) is 0.353. The zero-order valence-electron chi connectivity index (χ0n) is 12.6. The lowest BCUT2D eigenvalue weighted by Gasteiger charge is -2.18. The van der Waals surface area contributed by atoms with Gasteiger partial charge in [0.1, 0.15) is 5.75 Å². The first-order valence-corrected chi connectivity index (χ1v) is 7.03. The number of rotatable bonds is 5. The SMILES string of the molecule is COC(=O)C(C)Oc1ccc2ccccc2c1CC(C)N. The van der Waals surface area contributed by atoms with Crippen molar-refractivity contribution in [3.8, 4) is 5.75 Å². The predicted molar refractivity (Wildman–Crippen MR) is 83.4 cm³/mol. The smallest absolute Gasteiger partial charge is 0.346 e. The van der Waals surface area contributed by atoms with E-state index in [-0.39, 0.29) is 6.04 Å². The second-order valence-electron chi connectivity index (χ2n) is 5.23. The van der Waals surface area contributed by atoms with Gasteiger partial charge in [0.2, 0.25) is 0 Å². The Labute approximate surface area is 124 Å². The number of carbonyl (C=O) groups excluding carboxylic acids is 1. The van der Waals surface area contributed by atoms with Crippen LogP contribution in [0.1, 0.15) is 19.4 Å². The summed E-state index contributed by atoms with van der Waals surface area (Å²) in [5.41, 5.74) is 6.98. The highest BCUT2D eigenvalue weighted by Crippen LogP contribution is 2.30. The van der Waals surface area contributed by atoms with E-state index in [0.29, 0.717) is 12.2 Å². The van der Waals surface area contributed by atoms with Crippen molar-refractivity contribution in [1.29, 1.82) is 0 Å². The molecule has 2 aromatic carbocycles. The van der Waals surface area contributed by atoms with Crippen LogP contribution in [0.4, 0.5) is 0 Å². The molecule has 4 nitrogen and oxygen atoms in total. The van der Waals surface area contributed by atoms with Gasteiger partial charge in [-0.1, -0.05) is 30.3 Å². The number of esters is 1. The van der Waals surface area contributed by atoms with Gasteiger partial charge in [-0.25, -0.2) is 4.79 Å². The van der Waals surface area contributed by atoms with Gasteiger partial charge >= 0.3 is 5.97 Å². The standard InChI is InChI=1S/C17H21NO3/c1-11(18)10-15-14-7-5-4-6-13(14)8-9-16(15)21-12(2)17(19)20-3/h4-9,11-12H,10,18H2,1-3H3. The summed E-state index contributed by atoms with van der Waals surface area (Å²) in [5, 5.41) is 2.23. The van der Waals surface area contributed by atoms with Crippen molar-refractivity contribution in [3.63, 3.8) is 0 Å². The first-order chi connectivity index (χ1) is 10.0. The molecule has 0 fully saturated rings. The van der Waals surface area contributed by atoms with Crippen molar-refractivity contribution >= 4 is 16.7 Å². The van der Waals surface area contributed by atoms with Crippen LogP contribution in [0.3, 0.4) is 0 Å². The average molecular weight is 287 g/mol. The molecular weight excluding hydrogens is 266 g/mol. The van der Waals surface area contributed by atoms with Crippen molar-refractivity contribution in [3.05, 3.63) is 42.0 Å². The molecular formula is C17H21NO3. The predicted octanol–water partition coefficient (Wildman–Crippen LogP) is 2.67. The summed E-state index contributed by atoms with van der Waals surface area (Å²) in [6.45, 7) is 3.63. The third kappa shape index (κ3) is 3.52. The summed E-state index contributed by atoms with van der Waals surface area (Å²) >= 11 is 0. The lowest BCUT2D eigenvalue weighted by Crippen LogP contribution is -2.26. The van der Waals surface area contributed by atoms with E-state index < -0.39 is 12.1 Å². The number of fused-ring (bicyclic) bond motifs is 1. The van der Waals surface area contributed by atoms with Crippen LogP contribution in [-0.2, 0) is 16.0 Å². The summed E-state index contributed by atoms with van der Waals surface area (Å²) < 4.78 is 10.5. The van der Waals surface area contributed by atoms with Gasteiger partial charge in [-0.15, -0.1) is 0 Å². The van der Waals surface area contributed by atoms with Crippen LogP contribution in [0.15, 0.2) is 36.4 Å². The van der Waals surface area contributed by atoms with Crippen LogP contribution in [0.25, 0.3) is 10.8 Å². The molecule has 0 saturated carbocycles. The molecule has 0 heterocycles. The minimum atomic E-state index is -0.650. The Morgan fingerprint density at radius 3 is 2.57 bits per heavy atom. The molecule has 112 valence electrons. The minimum absolute atomic E-state index is 0.00610. The zero-order chi connectivity index (χ0) is 15.4. The van der Waals surface area contributed by atoms with Gasteiger partial charge in [0.05, 0.1) is 7.11 Å². The van der Waals surface area contributed by atoms with E-state index >= 15 is 0 Å². The summed E-state index contributed by atoms with van der Waals surface area (Å²) in [6.07, 6.45) is 0.0351. The Hall–Kier alpha value is -2.07. The highest BCUT2D eigenvalue weighted by Gasteiger charge is 2.18. The van der Waals surface area contributed by atoms with Crippen LogP contribution in [-0.4, -0.2) is 25.2 Å². The third-order valence-corrected chi connectivity index (χ3v) is 3.36. The maximum Gasteiger partial charge on any atom is 0.346 e. The molecule has 0 bridgehead atoms. The molecule has 0 aromatic heterocycles. The molecule has 21 heavy (non-hydrogen) atoms. The Balaban J connectivity index is 2.44. The Morgan fingerprint density at radius 2 is 1.90 bits per heavy atom.